The summed E-state index contributed by atoms with van der Waals surface area (Å²) in [6.07, 6.45) is 30.4. The fourth-order valence-corrected chi connectivity index (χ4v) is 8.32. The minimum absolute atomic E-state index is 0.0585. The largest absolute Gasteiger partial charge is 0.462 e. The number of carbonyl (C=O) groups is 4. The number of ether oxygens (including phenoxy) is 3. The maximum absolute atomic E-state index is 14.1. The fraction of sp³-hybridized carbons (Fsp3) is 0.920. The van der Waals surface area contributed by atoms with Crippen molar-refractivity contribution in [1.29, 1.82) is 0 Å². The van der Waals surface area contributed by atoms with Gasteiger partial charge in [-0.05, 0) is 110 Å². The van der Waals surface area contributed by atoms with E-state index in [2.05, 4.69) is 51.9 Å². The third-order valence-electron chi connectivity index (χ3n) is 12.4. The highest BCUT2D eigenvalue weighted by molar-refractivity contribution is 5.88. The van der Waals surface area contributed by atoms with Crippen LogP contribution in [0.4, 0.5) is 0 Å². The van der Waals surface area contributed by atoms with Crippen molar-refractivity contribution in [3.05, 3.63) is 0 Å². The van der Waals surface area contributed by atoms with Crippen LogP contribution in [0.25, 0.3) is 0 Å². The van der Waals surface area contributed by atoms with E-state index in [1.54, 1.807) is 0 Å². The molecule has 1 rings (SSSR count). The second-order valence-electron chi connectivity index (χ2n) is 18.1. The molecule has 0 aliphatic carbocycles. The minimum Gasteiger partial charge on any atom is -0.462 e. The van der Waals surface area contributed by atoms with Gasteiger partial charge in [-0.3, -0.25) is 19.2 Å². The van der Waals surface area contributed by atoms with Crippen LogP contribution in [0.5, 0.6) is 0 Å². The van der Waals surface area contributed by atoms with Crippen LogP contribution in [-0.2, 0) is 33.4 Å². The Hall–Kier alpha value is -2.16. The summed E-state index contributed by atoms with van der Waals surface area (Å²) in [6.45, 7) is 13.4. The molecule has 9 nitrogen and oxygen atoms in total. The topological polar surface area (TPSA) is 111 Å². The highest BCUT2D eigenvalue weighted by Gasteiger charge is 2.41. The van der Waals surface area contributed by atoms with E-state index < -0.39 is 5.60 Å². The van der Waals surface area contributed by atoms with Gasteiger partial charge >= 0.3 is 17.9 Å². The normalized spacial score (nSPS) is 13.9. The average Bonchev–Trinajstić information content (AvgIpc) is 3.22. The van der Waals surface area contributed by atoms with Crippen molar-refractivity contribution < 1.29 is 33.4 Å². The van der Waals surface area contributed by atoms with Gasteiger partial charge in [0, 0.05) is 25.8 Å². The van der Waals surface area contributed by atoms with Gasteiger partial charge in [0.25, 0.3) is 5.91 Å². The van der Waals surface area contributed by atoms with Gasteiger partial charge in [0.1, 0.15) is 12.2 Å². The number of amides is 1. The zero-order valence-corrected chi connectivity index (χ0v) is 39.5. The minimum atomic E-state index is -1.15. The summed E-state index contributed by atoms with van der Waals surface area (Å²) in [5, 5.41) is 3.16. The second-order valence-corrected chi connectivity index (χ2v) is 18.1. The van der Waals surface area contributed by atoms with E-state index in [1.165, 1.54) is 0 Å². The first-order valence-corrected chi connectivity index (χ1v) is 25.2. The molecule has 1 aliphatic heterocycles. The quantitative estimate of drug-likeness (QED) is 0.0370. The first kappa shape index (κ1) is 54.9. The molecule has 59 heavy (non-hydrogen) atoms. The first-order chi connectivity index (χ1) is 28.6. The van der Waals surface area contributed by atoms with Gasteiger partial charge in [-0.25, -0.2) is 0 Å². The lowest BCUT2D eigenvalue weighted by molar-refractivity contribution is -0.172. The molecule has 1 aliphatic rings. The van der Waals surface area contributed by atoms with Crippen LogP contribution < -0.4 is 5.32 Å². The molecule has 0 saturated carbocycles. The van der Waals surface area contributed by atoms with Gasteiger partial charge < -0.3 is 24.4 Å². The summed E-state index contributed by atoms with van der Waals surface area (Å²) in [4.78, 5) is 55.1. The Bertz CT molecular complexity index is 994. The number of hydrogen-bond acceptors (Lipinski definition) is 8. The Labute approximate surface area is 363 Å². The first-order valence-electron chi connectivity index (χ1n) is 25.2. The summed E-state index contributed by atoms with van der Waals surface area (Å²) in [7, 11) is 2.13. The van der Waals surface area contributed by atoms with Crippen molar-refractivity contribution in [3.63, 3.8) is 0 Å². The SMILES string of the molecule is CCCCNC(=O)C(CCCCCCCCC(=O)OC(CCCC)CCCC)(CCCCCCCCC(=O)OC(CCCC)CCCC)OC(=O)CC1CCN(C)CC1. The van der Waals surface area contributed by atoms with Gasteiger partial charge in [-0.15, -0.1) is 0 Å². The number of rotatable bonds is 39. The Morgan fingerprint density at radius 2 is 0.932 bits per heavy atom. The third-order valence-corrected chi connectivity index (χ3v) is 12.4. The molecule has 0 unspecified atom stereocenters. The van der Waals surface area contributed by atoms with Crippen molar-refractivity contribution >= 4 is 23.8 Å². The molecule has 1 fully saturated rings. The van der Waals surface area contributed by atoms with E-state index in [9.17, 15) is 19.2 Å². The number of nitrogens with one attached hydrogen (secondary N) is 1. The van der Waals surface area contributed by atoms with Crippen molar-refractivity contribution in [1.82, 2.24) is 10.2 Å². The Kier molecular flexibility index (Phi) is 33.9. The molecule has 1 saturated heterocycles. The smallest absolute Gasteiger partial charge is 0.307 e. The van der Waals surface area contributed by atoms with Gasteiger partial charge in [0.05, 0.1) is 0 Å². The van der Waals surface area contributed by atoms with E-state index >= 15 is 0 Å². The standard InChI is InChI=1S/C50H94N2O7/c1-7-12-29-44(30-13-8-2)57-46(53)33-25-21-17-19-23-27-37-50(49(56)51-39-16-11-5,59-48(55)42-43-35-40-52(6)41-36-43)38-28-24-20-18-22-26-34-47(54)58-45(31-14-9-3)32-15-10-4/h43-45H,7-42H2,1-6H3,(H,51,56). The number of piperidine rings is 1. The average molecular weight is 835 g/mol. The predicted molar refractivity (Wildman–Crippen MR) is 243 cm³/mol. The van der Waals surface area contributed by atoms with Crippen molar-refractivity contribution in [2.45, 2.75) is 264 Å². The number of nitrogens with zero attached hydrogens (tertiary/aromatic N) is 1. The number of hydrogen-bond donors (Lipinski definition) is 1. The zero-order chi connectivity index (χ0) is 43.4. The molecule has 346 valence electrons. The van der Waals surface area contributed by atoms with Crippen LogP contribution in [0, 0.1) is 5.92 Å². The summed E-state index contributed by atoms with van der Waals surface area (Å²) >= 11 is 0. The lowest BCUT2D eigenvalue weighted by atomic mass is 9.87. The lowest BCUT2D eigenvalue weighted by Crippen LogP contribution is -2.50. The van der Waals surface area contributed by atoms with Crippen molar-refractivity contribution in [2.24, 2.45) is 5.92 Å². The Morgan fingerprint density at radius 1 is 0.542 bits per heavy atom. The van der Waals surface area contributed by atoms with Crippen LogP contribution in [0.15, 0.2) is 0 Å². The highest BCUT2D eigenvalue weighted by atomic mass is 16.6. The van der Waals surface area contributed by atoms with E-state index in [1.807, 2.05) is 0 Å². The molecule has 9 heteroatoms. The molecule has 0 aromatic rings. The van der Waals surface area contributed by atoms with E-state index in [4.69, 9.17) is 14.2 Å². The number of esters is 3. The molecule has 0 aromatic carbocycles. The maximum atomic E-state index is 14.1. The molecule has 0 radical (unpaired) electrons. The van der Waals surface area contributed by atoms with Crippen molar-refractivity contribution in [3.8, 4) is 0 Å². The zero-order valence-electron chi connectivity index (χ0n) is 39.5. The highest BCUT2D eigenvalue weighted by Crippen LogP contribution is 2.31. The molecular formula is C50H94N2O7. The summed E-state index contributed by atoms with van der Waals surface area (Å²) in [6, 6.07) is 0. The van der Waals surface area contributed by atoms with Gasteiger partial charge in [0.2, 0.25) is 0 Å². The van der Waals surface area contributed by atoms with Crippen LogP contribution in [-0.4, -0.2) is 73.2 Å². The third kappa shape index (κ3) is 28.1. The van der Waals surface area contributed by atoms with Crippen LogP contribution in [0.1, 0.15) is 247 Å². The van der Waals surface area contributed by atoms with Crippen LogP contribution in [0.2, 0.25) is 0 Å². The molecule has 1 heterocycles. The van der Waals surface area contributed by atoms with Gasteiger partial charge in [0.15, 0.2) is 5.60 Å². The summed E-state index contributed by atoms with van der Waals surface area (Å²) in [5.41, 5.74) is -1.15. The van der Waals surface area contributed by atoms with E-state index in [0.29, 0.717) is 44.6 Å². The molecule has 0 spiro atoms. The van der Waals surface area contributed by atoms with Crippen LogP contribution >= 0.6 is 0 Å². The molecule has 1 N–H and O–H groups in total. The summed E-state index contributed by atoms with van der Waals surface area (Å²) in [5.74, 6) is -0.186. The fourth-order valence-electron chi connectivity index (χ4n) is 8.32. The molecular weight excluding hydrogens is 741 g/mol. The Morgan fingerprint density at radius 3 is 1.34 bits per heavy atom. The number of likely N-dealkylation sites (tertiary alicyclic amines) is 1. The molecule has 1 amide bonds. The van der Waals surface area contributed by atoms with Crippen LogP contribution in [0.3, 0.4) is 0 Å². The van der Waals surface area contributed by atoms with E-state index in [0.717, 1.165) is 193 Å². The number of carbonyl (C=O) groups excluding carboxylic acids is 4. The second kappa shape index (κ2) is 36.5. The predicted octanol–water partition coefficient (Wildman–Crippen LogP) is 12.7. The lowest BCUT2D eigenvalue weighted by Gasteiger charge is -2.34. The molecule has 0 bridgehead atoms. The van der Waals surface area contributed by atoms with E-state index in [-0.39, 0.29) is 36.0 Å². The van der Waals surface area contributed by atoms with Gasteiger partial charge in [-0.2, -0.15) is 0 Å². The van der Waals surface area contributed by atoms with Gasteiger partial charge in [-0.1, -0.05) is 144 Å². The molecule has 0 atom stereocenters. The Balaban J connectivity index is 2.74. The maximum Gasteiger partial charge on any atom is 0.307 e. The monoisotopic (exact) mass is 835 g/mol. The number of unbranched alkanes of at least 4 members (excludes halogenated alkanes) is 15. The molecule has 0 aromatic heterocycles. The van der Waals surface area contributed by atoms with Crippen molar-refractivity contribution in [2.75, 3.05) is 26.7 Å². The summed E-state index contributed by atoms with van der Waals surface area (Å²) < 4.78 is 18.1.